The standard InChI is InChI=1S/C18H40N2.2BF4.Cu/c1-5-9-13-19(14-10-6-2)17-18-20(15-11-7-3)16-12-8-4;2*2-1(3,4)5;/h5-18H2,1-4H3;;;/q;2*-1;+2. The molecule has 0 aromatic carbocycles. The third-order valence-corrected chi connectivity index (χ3v) is 4.04. The molecule has 0 heterocycles. The van der Waals surface area contributed by atoms with Crippen LogP contribution in [0.15, 0.2) is 0 Å². The number of rotatable bonds is 15. The molecule has 0 aliphatic rings. The molecule has 0 atom stereocenters. The Balaban J connectivity index is -0.000000275. The van der Waals surface area contributed by atoms with Gasteiger partial charge in [-0.1, -0.05) is 53.4 Å². The molecule has 0 unspecified atom stereocenters. The van der Waals surface area contributed by atoms with Crippen molar-refractivity contribution in [3.05, 3.63) is 0 Å². The van der Waals surface area contributed by atoms with Crippen molar-refractivity contribution in [2.45, 2.75) is 79.1 Å². The second-order valence-corrected chi connectivity index (χ2v) is 7.09. The van der Waals surface area contributed by atoms with Gasteiger partial charge in [0.2, 0.25) is 0 Å². The van der Waals surface area contributed by atoms with E-state index >= 15 is 0 Å². The van der Waals surface area contributed by atoms with Gasteiger partial charge < -0.3 is 44.3 Å². The van der Waals surface area contributed by atoms with Crippen molar-refractivity contribution in [2.75, 3.05) is 39.3 Å². The summed E-state index contributed by atoms with van der Waals surface area (Å²) in [4.78, 5) is 5.38. The molecule has 2 nitrogen and oxygen atoms in total. The van der Waals surface area contributed by atoms with E-state index in [9.17, 15) is 34.5 Å². The zero-order valence-corrected chi connectivity index (χ0v) is 20.2. The Hall–Kier alpha value is 0.00935. The fourth-order valence-electron chi connectivity index (χ4n) is 2.48. The van der Waals surface area contributed by atoms with E-state index in [0.29, 0.717) is 0 Å². The van der Waals surface area contributed by atoms with Gasteiger partial charge in [-0.25, -0.2) is 0 Å². The normalized spacial score (nSPS) is 11.4. The quantitative estimate of drug-likeness (QED) is 0.164. The number of nitrogens with zero attached hydrogens (tertiary/aromatic N) is 2. The fraction of sp³-hybridized carbons (Fsp3) is 1.00. The molecule has 0 spiro atoms. The van der Waals surface area contributed by atoms with Crippen molar-refractivity contribution in [3.8, 4) is 0 Å². The smallest absolute Gasteiger partial charge is 0.418 e. The minimum Gasteiger partial charge on any atom is -0.418 e. The first kappa shape index (κ1) is 38.3. The Bertz CT molecular complexity index is 292. The van der Waals surface area contributed by atoms with E-state index in [4.69, 9.17) is 0 Å². The Morgan fingerprint density at radius 1 is 0.419 bits per heavy atom. The Morgan fingerprint density at radius 3 is 0.710 bits per heavy atom. The van der Waals surface area contributed by atoms with Crippen LogP contribution >= 0.6 is 0 Å². The van der Waals surface area contributed by atoms with Crippen molar-refractivity contribution >= 4 is 14.5 Å². The maximum Gasteiger partial charge on any atom is 2.00 e. The average Bonchev–Trinajstić information content (AvgIpc) is 2.59. The Kier molecular flexibility index (Phi) is 30.4. The topological polar surface area (TPSA) is 6.48 Å². The van der Waals surface area contributed by atoms with Gasteiger partial charge in [0.15, 0.2) is 0 Å². The van der Waals surface area contributed by atoms with Gasteiger partial charge >= 0.3 is 31.6 Å². The van der Waals surface area contributed by atoms with Gasteiger partial charge in [-0.15, -0.1) is 0 Å². The molecule has 31 heavy (non-hydrogen) atoms. The van der Waals surface area contributed by atoms with Crippen molar-refractivity contribution in [1.29, 1.82) is 0 Å². The molecule has 0 saturated heterocycles. The van der Waals surface area contributed by atoms with Gasteiger partial charge in [0.05, 0.1) is 0 Å². The van der Waals surface area contributed by atoms with Gasteiger partial charge in [0, 0.05) is 13.1 Å². The van der Waals surface area contributed by atoms with Gasteiger partial charge in [-0.2, -0.15) is 0 Å². The first-order valence-corrected chi connectivity index (χ1v) is 11.0. The number of hydrogen-bond acceptors (Lipinski definition) is 2. The van der Waals surface area contributed by atoms with Crippen LogP contribution in [0.5, 0.6) is 0 Å². The summed E-state index contributed by atoms with van der Waals surface area (Å²) < 4.78 is 78.0. The minimum absolute atomic E-state index is 0. The monoisotopic (exact) mass is 521 g/mol. The van der Waals surface area contributed by atoms with E-state index in [-0.39, 0.29) is 17.1 Å². The Labute approximate surface area is 194 Å². The van der Waals surface area contributed by atoms with Crippen molar-refractivity contribution in [2.24, 2.45) is 0 Å². The summed E-state index contributed by atoms with van der Waals surface area (Å²) in [7, 11) is -12.0. The molecule has 0 saturated carbocycles. The molecule has 0 aromatic heterocycles. The van der Waals surface area contributed by atoms with Crippen LogP contribution in [-0.4, -0.2) is 63.6 Å². The van der Waals surface area contributed by atoms with Gasteiger partial charge in [0.25, 0.3) is 0 Å². The van der Waals surface area contributed by atoms with Crippen LogP contribution in [-0.2, 0) is 17.1 Å². The van der Waals surface area contributed by atoms with Crippen LogP contribution in [0.25, 0.3) is 0 Å². The summed E-state index contributed by atoms with van der Waals surface area (Å²) in [6, 6.07) is 0. The Morgan fingerprint density at radius 2 is 0.581 bits per heavy atom. The number of hydrogen-bond donors (Lipinski definition) is 0. The summed E-state index contributed by atoms with van der Waals surface area (Å²) in [5.74, 6) is 0. The second kappa shape index (κ2) is 24.6. The summed E-state index contributed by atoms with van der Waals surface area (Å²) in [6.45, 7) is 16.9. The average molecular weight is 522 g/mol. The fourth-order valence-corrected chi connectivity index (χ4v) is 2.48. The number of halogens is 8. The zero-order chi connectivity index (χ0) is 24.1. The largest absolute Gasteiger partial charge is 2.00 e. The van der Waals surface area contributed by atoms with E-state index in [1.807, 2.05) is 0 Å². The van der Waals surface area contributed by atoms with Crippen LogP contribution in [0.1, 0.15) is 79.1 Å². The third kappa shape index (κ3) is 53.3. The molecular weight excluding hydrogens is 481 g/mol. The number of unbranched alkanes of at least 4 members (excludes halogenated alkanes) is 4. The molecule has 0 aromatic rings. The molecule has 1 radical (unpaired) electrons. The van der Waals surface area contributed by atoms with Crippen LogP contribution in [0.3, 0.4) is 0 Å². The summed E-state index contributed by atoms with van der Waals surface area (Å²) >= 11 is 0. The molecular formula is C18H40B2CuF8N2. The molecule has 13 heteroatoms. The first-order chi connectivity index (χ1) is 13.8. The van der Waals surface area contributed by atoms with E-state index < -0.39 is 14.5 Å². The van der Waals surface area contributed by atoms with E-state index in [1.165, 1.54) is 90.6 Å². The van der Waals surface area contributed by atoms with E-state index in [1.54, 1.807) is 0 Å². The summed E-state index contributed by atoms with van der Waals surface area (Å²) in [5.41, 5.74) is 0. The molecule has 0 rings (SSSR count). The predicted octanol–water partition coefficient (Wildman–Crippen LogP) is 7.39. The summed E-state index contributed by atoms with van der Waals surface area (Å²) in [5, 5.41) is 0. The van der Waals surface area contributed by atoms with Gasteiger partial charge in [-0.3, -0.25) is 0 Å². The minimum atomic E-state index is -6.00. The van der Waals surface area contributed by atoms with E-state index in [2.05, 4.69) is 37.5 Å². The SMILES string of the molecule is CCCCN(CCCC)CCN(CCCC)CCCC.F[B-](F)(F)F.F[B-](F)(F)F.[Cu+2]. The van der Waals surface area contributed by atoms with Crippen LogP contribution < -0.4 is 0 Å². The van der Waals surface area contributed by atoms with Crippen molar-refractivity contribution < 1.29 is 51.6 Å². The third-order valence-electron chi connectivity index (χ3n) is 4.04. The zero-order valence-electron chi connectivity index (χ0n) is 19.3. The van der Waals surface area contributed by atoms with Crippen LogP contribution in [0.2, 0.25) is 0 Å². The molecule has 0 aliphatic heterocycles. The van der Waals surface area contributed by atoms with Gasteiger partial charge in [0.1, 0.15) is 0 Å². The molecule has 195 valence electrons. The molecule has 0 amide bonds. The maximum atomic E-state index is 9.75. The molecule has 0 aliphatic carbocycles. The van der Waals surface area contributed by atoms with Gasteiger partial charge in [-0.05, 0) is 51.9 Å². The first-order valence-electron chi connectivity index (χ1n) is 11.0. The van der Waals surface area contributed by atoms with Crippen LogP contribution in [0.4, 0.5) is 34.5 Å². The summed E-state index contributed by atoms with van der Waals surface area (Å²) in [6.07, 6.45) is 10.7. The second-order valence-electron chi connectivity index (χ2n) is 7.09. The maximum absolute atomic E-state index is 9.75. The molecule has 0 fully saturated rings. The van der Waals surface area contributed by atoms with Crippen molar-refractivity contribution in [1.82, 2.24) is 9.80 Å². The van der Waals surface area contributed by atoms with Crippen LogP contribution in [0, 0.1) is 0 Å². The molecule has 0 N–H and O–H groups in total. The predicted molar refractivity (Wildman–Crippen MR) is 113 cm³/mol. The molecule has 0 bridgehead atoms. The van der Waals surface area contributed by atoms with Crippen molar-refractivity contribution in [3.63, 3.8) is 0 Å². The van der Waals surface area contributed by atoms with E-state index in [0.717, 1.165) is 0 Å².